The van der Waals surface area contributed by atoms with Gasteiger partial charge in [-0.05, 0) is 38.1 Å². The van der Waals surface area contributed by atoms with Gasteiger partial charge >= 0.3 is 0 Å². The van der Waals surface area contributed by atoms with Crippen LogP contribution in [-0.4, -0.2) is 72.6 Å². The minimum Gasteiger partial charge on any atom is -0.368 e. The monoisotopic (exact) mass is 404 g/mol. The molecule has 0 saturated carbocycles. The Balaban J connectivity index is 1.39. The molecule has 0 atom stereocenters. The normalized spacial score (nSPS) is 15.4. The number of aryl methyl sites for hydroxylation is 1. The fourth-order valence-electron chi connectivity index (χ4n) is 3.88. The Labute approximate surface area is 179 Å². The lowest BCUT2D eigenvalue weighted by atomic mass is 10.1. The highest BCUT2D eigenvalue weighted by atomic mass is 15.3. The molecule has 1 aromatic heterocycles. The highest BCUT2D eigenvalue weighted by Gasteiger charge is 2.13. The molecule has 1 aliphatic heterocycles. The van der Waals surface area contributed by atoms with Crippen LogP contribution in [-0.2, 0) is 6.42 Å². The average Bonchev–Trinajstić information content (AvgIpc) is 2.75. The fourth-order valence-corrected chi connectivity index (χ4v) is 3.88. The molecule has 3 aromatic rings. The number of fused-ring (bicyclic) bond motifs is 1. The SMILES string of the molecule is Cc1cccc(CCNc2nc(NCCN3CCN(C)CC3)c3ccccc3n2)c1. The summed E-state index contributed by atoms with van der Waals surface area (Å²) in [7, 11) is 2.19. The van der Waals surface area contributed by atoms with Crippen molar-refractivity contribution < 1.29 is 0 Å². The summed E-state index contributed by atoms with van der Waals surface area (Å²) in [6, 6.07) is 16.8. The minimum absolute atomic E-state index is 0.684. The van der Waals surface area contributed by atoms with E-state index in [1.54, 1.807) is 0 Å². The van der Waals surface area contributed by atoms with Gasteiger partial charge < -0.3 is 15.5 Å². The van der Waals surface area contributed by atoms with E-state index >= 15 is 0 Å². The van der Waals surface area contributed by atoms with Gasteiger partial charge in [0.25, 0.3) is 0 Å². The molecule has 0 unspecified atom stereocenters. The zero-order valence-corrected chi connectivity index (χ0v) is 18.1. The number of para-hydroxylation sites is 1. The summed E-state index contributed by atoms with van der Waals surface area (Å²) in [4.78, 5) is 14.4. The van der Waals surface area contributed by atoms with Crippen molar-refractivity contribution in [1.29, 1.82) is 0 Å². The van der Waals surface area contributed by atoms with Gasteiger partial charge in [0.05, 0.1) is 5.52 Å². The first-order valence-corrected chi connectivity index (χ1v) is 10.9. The highest BCUT2D eigenvalue weighted by Crippen LogP contribution is 2.21. The van der Waals surface area contributed by atoms with Crippen LogP contribution in [0.15, 0.2) is 48.5 Å². The molecule has 6 nitrogen and oxygen atoms in total. The Hall–Kier alpha value is -2.70. The van der Waals surface area contributed by atoms with Crippen molar-refractivity contribution in [2.75, 3.05) is 63.5 Å². The Morgan fingerprint density at radius 3 is 2.57 bits per heavy atom. The molecule has 2 heterocycles. The molecule has 158 valence electrons. The van der Waals surface area contributed by atoms with Crippen LogP contribution in [0.1, 0.15) is 11.1 Å². The summed E-state index contributed by atoms with van der Waals surface area (Å²) in [6.45, 7) is 9.40. The molecule has 1 fully saturated rings. The molecule has 0 spiro atoms. The van der Waals surface area contributed by atoms with Gasteiger partial charge in [-0.1, -0.05) is 42.0 Å². The van der Waals surface area contributed by atoms with Crippen LogP contribution < -0.4 is 10.6 Å². The molecule has 0 bridgehead atoms. The maximum Gasteiger partial charge on any atom is 0.225 e. The minimum atomic E-state index is 0.684. The summed E-state index contributed by atoms with van der Waals surface area (Å²) >= 11 is 0. The standard InChI is InChI=1S/C24H32N6/c1-19-6-5-7-20(18-19)10-11-26-24-27-22-9-4-3-8-21(22)23(28-24)25-12-13-30-16-14-29(2)15-17-30/h3-9,18H,10-17H2,1-2H3,(H2,25,26,27,28). The second-order valence-electron chi connectivity index (χ2n) is 8.15. The lowest BCUT2D eigenvalue weighted by molar-refractivity contribution is 0.158. The van der Waals surface area contributed by atoms with Gasteiger partial charge in [-0.2, -0.15) is 4.98 Å². The van der Waals surface area contributed by atoms with E-state index in [1.165, 1.54) is 11.1 Å². The largest absolute Gasteiger partial charge is 0.368 e. The molecule has 30 heavy (non-hydrogen) atoms. The summed E-state index contributed by atoms with van der Waals surface area (Å²) in [5.74, 6) is 1.59. The lowest BCUT2D eigenvalue weighted by Crippen LogP contribution is -2.45. The maximum atomic E-state index is 4.78. The van der Waals surface area contributed by atoms with E-state index in [2.05, 4.69) is 64.7 Å². The molecular formula is C24H32N6. The summed E-state index contributed by atoms with van der Waals surface area (Å²) < 4.78 is 0. The number of rotatable bonds is 8. The third kappa shape index (κ3) is 5.46. The van der Waals surface area contributed by atoms with Crippen molar-refractivity contribution in [3.05, 3.63) is 59.7 Å². The van der Waals surface area contributed by atoms with Gasteiger partial charge in [0.1, 0.15) is 5.82 Å². The van der Waals surface area contributed by atoms with Crippen LogP contribution in [0, 0.1) is 6.92 Å². The van der Waals surface area contributed by atoms with E-state index in [0.29, 0.717) is 5.95 Å². The van der Waals surface area contributed by atoms with Crippen molar-refractivity contribution >= 4 is 22.7 Å². The Bertz CT molecular complexity index is 965. The van der Waals surface area contributed by atoms with Gasteiger partial charge in [-0.3, -0.25) is 4.90 Å². The van der Waals surface area contributed by atoms with E-state index in [1.807, 2.05) is 18.2 Å². The number of hydrogen-bond donors (Lipinski definition) is 2. The van der Waals surface area contributed by atoms with Gasteiger partial charge in [-0.15, -0.1) is 0 Å². The summed E-state index contributed by atoms with van der Waals surface area (Å²) in [6.07, 6.45) is 0.948. The highest BCUT2D eigenvalue weighted by molar-refractivity contribution is 5.90. The molecule has 0 aliphatic carbocycles. The van der Waals surface area contributed by atoms with E-state index in [4.69, 9.17) is 9.97 Å². The number of benzene rings is 2. The van der Waals surface area contributed by atoms with Crippen molar-refractivity contribution in [2.45, 2.75) is 13.3 Å². The summed E-state index contributed by atoms with van der Waals surface area (Å²) in [5, 5.41) is 8.04. The van der Waals surface area contributed by atoms with Crippen molar-refractivity contribution in [1.82, 2.24) is 19.8 Å². The number of hydrogen-bond acceptors (Lipinski definition) is 6. The number of likely N-dealkylation sites (N-methyl/N-ethyl adjacent to an activating group) is 1. The third-order valence-electron chi connectivity index (χ3n) is 5.70. The second-order valence-corrected chi connectivity index (χ2v) is 8.15. The molecular weight excluding hydrogens is 372 g/mol. The number of piperazine rings is 1. The van der Waals surface area contributed by atoms with E-state index in [0.717, 1.165) is 69.0 Å². The first-order valence-electron chi connectivity index (χ1n) is 10.9. The quantitative estimate of drug-likeness (QED) is 0.601. The van der Waals surface area contributed by atoms with Crippen LogP contribution in [0.2, 0.25) is 0 Å². The molecule has 2 aromatic carbocycles. The number of anilines is 2. The number of nitrogens with zero attached hydrogens (tertiary/aromatic N) is 4. The molecule has 4 rings (SSSR count). The van der Waals surface area contributed by atoms with Crippen molar-refractivity contribution in [3.63, 3.8) is 0 Å². The van der Waals surface area contributed by atoms with Crippen LogP contribution in [0.3, 0.4) is 0 Å². The van der Waals surface area contributed by atoms with Crippen molar-refractivity contribution in [2.24, 2.45) is 0 Å². The molecule has 6 heteroatoms. The molecule has 1 aliphatic rings. The Morgan fingerprint density at radius 1 is 0.900 bits per heavy atom. The first kappa shape index (κ1) is 20.6. The Morgan fingerprint density at radius 2 is 1.73 bits per heavy atom. The fraction of sp³-hybridized carbons (Fsp3) is 0.417. The third-order valence-corrected chi connectivity index (χ3v) is 5.70. The van der Waals surface area contributed by atoms with Crippen molar-refractivity contribution in [3.8, 4) is 0 Å². The van der Waals surface area contributed by atoms with E-state index in [9.17, 15) is 0 Å². The van der Waals surface area contributed by atoms with Crippen LogP contribution in [0.5, 0.6) is 0 Å². The predicted molar refractivity (Wildman–Crippen MR) is 125 cm³/mol. The zero-order chi connectivity index (χ0) is 20.8. The number of aromatic nitrogens is 2. The molecule has 0 amide bonds. The molecule has 1 saturated heterocycles. The molecule has 2 N–H and O–H groups in total. The smallest absolute Gasteiger partial charge is 0.225 e. The zero-order valence-electron chi connectivity index (χ0n) is 18.1. The van der Waals surface area contributed by atoms with E-state index in [-0.39, 0.29) is 0 Å². The predicted octanol–water partition coefficient (Wildman–Crippen LogP) is 3.25. The number of nitrogens with one attached hydrogen (secondary N) is 2. The van der Waals surface area contributed by atoms with Crippen LogP contribution in [0.4, 0.5) is 11.8 Å². The Kier molecular flexibility index (Phi) is 6.77. The van der Waals surface area contributed by atoms with E-state index < -0.39 is 0 Å². The van der Waals surface area contributed by atoms with Gasteiger partial charge in [0.2, 0.25) is 5.95 Å². The second kappa shape index (κ2) is 9.87. The molecule has 0 radical (unpaired) electrons. The van der Waals surface area contributed by atoms with Crippen LogP contribution >= 0.6 is 0 Å². The lowest BCUT2D eigenvalue weighted by Gasteiger charge is -2.32. The van der Waals surface area contributed by atoms with Gasteiger partial charge in [-0.25, -0.2) is 4.98 Å². The summed E-state index contributed by atoms with van der Waals surface area (Å²) in [5.41, 5.74) is 3.59. The van der Waals surface area contributed by atoms with Crippen LogP contribution in [0.25, 0.3) is 10.9 Å². The first-order chi connectivity index (χ1) is 14.7. The van der Waals surface area contributed by atoms with Gasteiger partial charge in [0, 0.05) is 51.2 Å². The van der Waals surface area contributed by atoms with Gasteiger partial charge in [0.15, 0.2) is 0 Å². The topological polar surface area (TPSA) is 56.3 Å². The average molecular weight is 405 g/mol. The maximum absolute atomic E-state index is 4.78.